The van der Waals surface area contributed by atoms with Gasteiger partial charge in [0.05, 0.1) is 0 Å². The Balaban J connectivity index is 2.32. The van der Waals surface area contributed by atoms with Crippen LogP contribution in [0.1, 0.15) is 40.0 Å². The van der Waals surface area contributed by atoms with E-state index in [-0.39, 0.29) is 5.78 Å². The number of nitrogens with one attached hydrogen (secondary N) is 1. The van der Waals surface area contributed by atoms with Gasteiger partial charge in [-0.1, -0.05) is 13.8 Å². The molecule has 13 heavy (non-hydrogen) atoms. The number of carbonyl (C=O) groups is 1. The molecule has 1 aliphatic carbocycles. The van der Waals surface area contributed by atoms with Crippen LogP contribution in [0, 0.1) is 5.92 Å². The normalized spacial score (nSPS) is 19.1. The quantitative estimate of drug-likeness (QED) is 0.720. The van der Waals surface area contributed by atoms with Crippen LogP contribution in [0.3, 0.4) is 0 Å². The molecule has 74 valence electrons. The minimum absolute atomic E-state index is 0.263. The zero-order chi connectivity index (χ0) is 9.84. The molecule has 0 saturated heterocycles. The summed E-state index contributed by atoms with van der Waals surface area (Å²) in [6.07, 6.45) is 4.50. The summed E-state index contributed by atoms with van der Waals surface area (Å²) in [7, 11) is 0. The van der Waals surface area contributed by atoms with Crippen LogP contribution < -0.4 is 5.32 Å². The Morgan fingerprint density at radius 3 is 2.54 bits per heavy atom. The third kappa shape index (κ3) is 3.62. The Morgan fingerprint density at radius 2 is 2.08 bits per heavy atom. The summed E-state index contributed by atoms with van der Waals surface area (Å²) < 4.78 is 0. The summed E-state index contributed by atoms with van der Waals surface area (Å²) in [5.74, 6) is 0.972. The standard InChI is InChI=1S/C11H19NO/c1-8(2)6-9(3)12-10-4-5-11(13)7-10/h7-9,12H,4-6H2,1-3H3. The lowest BCUT2D eigenvalue weighted by Gasteiger charge is -2.17. The van der Waals surface area contributed by atoms with Gasteiger partial charge in [0.15, 0.2) is 5.78 Å². The van der Waals surface area contributed by atoms with Crippen molar-refractivity contribution in [3.63, 3.8) is 0 Å². The molecule has 1 N–H and O–H groups in total. The molecule has 0 amide bonds. The summed E-state index contributed by atoms with van der Waals surface area (Å²) in [6, 6.07) is 0.483. The van der Waals surface area contributed by atoms with E-state index >= 15 is 0 Å². The lowest BCUT2D eigenvalue weighted by atomic mass is 10.1. The second-order valence-electron chi connectivity index (χ2n) is 4.31. The minimum atomic E-state index is 0.263. The highest BCUT2D eigenvalue weighted by Crippen LogP contribution is 2.14. The van der Waals surface area contributed by atoms with Crippen LogP contribution in [0.4, 0.5) is 0 Å². The van der Waals surface area contributed by atoms with Gasteiger partial charge < -0.3 is 5.32 Å². The maximum absolute atomic E-state index is 10.9. The monoisotopic (exact) mass is 181 g/mol. The Hall–Kier alpha value is -0.790. The molecule has 2 heteroatoms. The highest BCUT2D eigenvalue weighted by atomic mass is 16.1. The zero-order valence-electron chi connectivity index (χ0n) is 8.76. The van der Waals surface area contributed by atoms with Crippen molar-refractivity contribution in [2.45, 2.75) is 46.1 Å². The SMILES string of the molecule is CC(C)CC(C)NC1=CC(=O)CC1. The van der Waals surface area contributed by atoms with Crippen LogP contribution in [-0.2, 0) is 4.79 Å². The number of hydrogen-bond donors (Lipinski definition) is 1. The lowest BCUT2D eigenvalue weighted by molar-refractivity contribution is -0.114. The van der Waals surface area contributed by atoms with Crippen molar-refractivity contribution in [1.82, 2.24) is 5.32 Å². The fraction of sp³-hybridized carbons (Fsp3) is 0.727. The molecule has 1 rings (SSSR count). The van der Waals surface area contributed by atoms with E-state index in [1.165, 1.54) is 0 Å². The molecule has 0 saturated carbocycles. The fourth-order valence-electron chi connectivity index (χ4n) is 1.79. The molecular formula is C11H19NO. The predicted molar refractivity (Wildman–Crippen MR) is 54.4 cm³/mol. The molecule has 0 bridgehead atoms. The smallest absolute Gasteiger partial charge is 0.157 e. The van der Waals surface area contributed by atoms with Crippen molar-refractivity contribution in [3.8, 4) is 0 Å². The van der Waals surface area contributed by atoms with Gasteiger partial charge in [0, 0.05) is 24.2 Å². The Bertz CT molecular complexity index is 218. The van der Waals surface area contributed by atoms with Crippen LogP contribution in [0.5, 0.6) is 0 Å². The van der Waals surface area contributed by atoms with Crippen LogP contribution in [0.2, 0.25) is 0 Å². The van der Waals surface area contributed by atoms with E-state index in [9.17, 15) is 4.79 Å². The van der Waals surface area contributed by atoms with E-state index in [0.29, 0.717) is 18.4 Å². The van der Waals surface area contributed by atoms with Gasteiger partial charge in [-0.15, -0.1) is 0 Å². The highest BCUT2D eigenvalue weighted by molar-refractivity contribution is 5.92. The van der Waals surface area contributed by atoms with Gasteiger partial charge in [-0.05, 0) is 25.7 Å². The van der Waals surface area contributed by atoms with Gasteiger partial charge >= 0.3 is 0 Å². The van der Waals surface area contributed by atoms with Crippen molar-refractivity contribution < 1.29 is 4.79 Å². The average molecular weight is 181 g/mol. The molecule has 0 aromatic rings. The second kappa shape index (κ2) is 4.45. The van der Waals surface area contributed by atoms with Crippen molar-refractivity contribution in [2.24, 2.45) is 5.92 Å². The predicted octanol–water partition coefficient (Wildman–Crippen LogP) is 2.26. The van der Waals surface area contributed by atoms with E-state index in [2.05, 4.69) is 26.1 Å². The summed E-state index contributed by atoms with van der Waals surface area (Å²) in [5.41, 5.74) is 1.12. The van der Waals surface area contributed by atoms with Crippen molar-refractivity contribution >= 4 is 5.78 Å². The third-order valence-corrected chi connectivity index (χ3v) is 2.23. The molecule has 2 nitrogen and oxygen atoms in total. The Labute approximate surface area is 80.4 Å². The number of rotatable bonds is 4. The molecule has 0 heterocycles. The highest BCUT2D eigenvalue weighted by Gasteiger charge is 2.13. The Kier molecular flexibility index (Phi) is 3.52. The number of ketones is 1. The van der Waals surface area contributed by atoms with E-state index in [0.717, 1.165) is 18.5 Å². The van der Waals surface area contributed by atoms with E-state index in [4.69, 9.17) is 0 Å². The topological polar surface area (TPSA) is 29.1 Å². The summed E-state index contributed by atoms with van der Waals surface area (Å²) in [5, 5.41) is 3.38. The molecular weight excluding hydrogens is 162 g/mol. The first kappa shape index (κ1) is 10.3. The maximum Gasteiger partial charge on any atom is 0.157 e. The van der Waals surface area contributed by atoms with E-state index in [1.807, 2.05) is 0 Å². The summed E-state index contributed by atoms with van der Waals surface area (Å²) >= 11 is 0. The molecule has 1 atom stereocenters. The molecule has 0 radical (unpaired) electrons. The van der Waals surface area contributed by atoms with Crippen LogP contribution in [0.25, 0.3) is 0 Å². The maximum atomic E-state index is 10.9. The van der Waals surface area contributed by atoms with E-state index < -0.39 is 0 Å². The summed E-state index contributed by atoms with van der Waals surface area (Å²) in [6.45, 7) is 6.60. The fourth-order valence-corrected chi connectivity index (χ4v) is 1.79. The van der Waals surface area contributed by atoms with Crippen LogP contribution in [0.15, 0.2) is 11.8 Å². The van der Waals surface area contributed by atoms with Gasteiger partial charge in [-0.2, -0.15) is 0 Å². The lowest BCUT2D eigenvalue weighted by Crippen LogP contribution is -2.26. The van der Waals surface area contributed by atoms with Gasteiger partial charge in [-0.25, -0.2) is 0 Å². The molecule has 0 aromatic carbocycles. The zero-order valence-corrected chi connectivity index (χ0v) is 8.76. The van der Waals surface area contributed by atoms with Crippen molar-refractivity contribution in [2.75, 3.05) is 0 Å². The van der Waals surface area contributed by atoms with Gasteiger partial charge in [0.2, 0.25) is 0 Å². The second-order valence-corrected chi connectivity index (χ2v) is 4.31. The van der Waals surface area contributed by atoms with Gasteiger partial charge in [0.25, 0.3) is 0 Å². The molecule has 1 unspecified atom stereocenters. The summed E-state index contributed by atoms with van der Waals surface area (Å²) in [4.78, 5) is 10.9. The third-order valence-electron chi connectivity index (χ3n) is 2.23. The van der Waals surface area contributed by atoms with E-state index in [1.54, 1.807) is 6.08 Å². The van der Waals surface area contributed by atoms with Crippen LogP contribution >= 0.6 is 0 Å². The first-order valence-corrected chi connectivity index (χ1v) is 5.08. The average Bonchev–Trinajstić information content (AvgIpc) is 2.33. The van der Waals surface area contributed by atoms with Crippen LogP contribution in [-0.4, -0.2) is 11.8 Å². The number of carbonyl (C=O) groups excluding carboxylic acids is 1. The Morgan fingerprint density at radius 1 is 1.38 bits per heavy atom. The first-order chi connectivity index (χ1) is 6.08. The van der Waals surface area contributed by atoms with Crippen molar-refractivity contribution in [3.05, 3.63) is 11.8 Å². The molecule has 0 fully saturated rings. The first-order valence-electron chi connectivity index (χ1n) is 5.08. The molecule has 0 aromatic heterocycles. The molecule has 1 aliphatic rings. The minimum Gasteiger partial charge on any atom is -0.386 e. The van der Waals surface area contributed by atoms with Crippen molar-refractivity contribution in [1.29, 1.82) is 0 Å². The van der Waals surface area contributed by atoms with Gasteiger partial charge in [-0.3, -0.25) is 4.79 Å². The number of allylic oxidation sites excluding steroid dienone is 2. The molecule has 0 spiro atoms. The largest absolute Gasteiger partial charge is 0.386 e. The number of hydrogen-bond acceptors (Lipinski definition) is 2. The van der Waals surface area contributed by atoms with Gasteiger partial charge in [0.1, 0.15) is 0 Å². The molecule has 0 aliphatic heterocycles.